The second kappa shape index (κ2) is 5.51. The minimum atomic E-state index is -0.491. The van der Waals surface area contributed by atoms with Crippen molar-refractivity contribution in [3.05, 3.63) is 40.3 Å². The molecule has 0 N–H and O–H groups in total. The summed E-state index contributed by atoms with van der Waals surface area (Å²) in [4.78, 5) is 27.2. The summed E-state index contributed by atoms with van der Waals surface area (Å²) in [6.07, 6.45) is 1.63. The summed E-state index contributed by atoms with van der Waals surface area (Å²) >= 11 is 0. The number of hydrogen-bond acceptors (Lipinski definition) is 5. The van der Waals surface area contributed by atoms with Crippen molar-refractivity contribution in [3.63, 3.8) is 0 Å². The molecule has 6 nitrogen and oxygen atoms in total. The summed E-state index contributed by atoms with van der Waals surface area (Å²) < 4.78 is 11.3. The third-order valence-electron chi connectivity index (χ3n) is 2.51. The van der Waals surface area contributed by atoms with E-state index in [1.54, 1.807) is 19.2 Å². The van der Waals surface area contributed by atoms with Gasteiger partial charge in [0.05, 0.1) is 12.7 Å². The first kappa shape index (κ1) is 13.1. The molecule has 100 valence electrons. The highest BCUT2D eigenvalue weighted by molar-refractivity contribution is 5.71. The average Bonchev–Trinajstić information content (AvgIpc) is 2.38. The number of fused-ring (bicyclic) bond motifs is 1. The molecule has 0 atom stereocenters. The molecule has 0 fully saturated rings. The number of ether oxygens (including phenoxy) is 2. The van der Waals surface area contributed by atoms with Crippen molar-refractivity contribution in [2.75, 3.05) is 13.2 Å². The van der Waals surface area contributed by atoms with Crippen LogP contribution >= 0.6 is 0 Å². The molecule has 0 radical (unpaired) electrons. The lowest BCUT2D eigenvalue weighted by Crippen LogP contribution is -2.19. The highest BCUT2D eigenvalue weighted by atomic mass is 16.6. The Morgan fingerprint density at radius 1 is 1.47 bits per heavy atom. The largest absolute Gasteiger partial charge is 0.465 e. The predicted molar refractivity (Wildman–Crippen MR) is 68.3 cm³/mol. The standard InChI is InChI=1S/C13H14N2O4/c1-3-18-12(17)8-19-10-7-11(16)15-6-4-5-9(2)13(15)14-10/h4-7H,3,8H2,1-2H3. The van der Waals surface area contributed by atoms with Gasteiger partial charge in [-0.2, -0.15) is 4.98 Å². The van der Waals surface area contributed by atoms with Crippen molar-refractivity contribution in [1.82, 2.24) is 9.38 Å². The lowest BCUT2D eigenvalue weighted by molar-refractivity contribution is -0.145. The van der Waals surface area contributed by atoms with E-state index < -0.39 is 5.97 Å². The fourth-order valence-electron chi connectivity index (χ4n) is 1.65. The molecule has 0 aliphatic carbocycles. The Bertz CT molecular complexity index is 663. The fourth-order valence-corrected chi connectivity index (χ4v) is 1.65. The third-order valence-corrected chi connectivity index (χ3v) is 2.51. The molecule has 6 heteroatoms. The zero-order chi connectivity index (χ0) is 13.8. The molecule has 0 amide bonds. The van der Waals surface area contributed by atoms with E-state index in [4.69, 9.17) is 9.47 Å². The smallest absolute Gasteiger partial charge is 0.344 e. The monoisotopic (exact) mass is 262 g/mol. The van der Waals surface area contributed by atoms with Crippen molar-refractivity contribution in [1.29, 1.82) is 0 Å². The van der Waals surface area contributed by atoms with Crippen LogP contribution in [0.1, 0.15) is 12.5 Å². The molecule has 2 aromatic heterocycles. The van der Waals surface area contributed by atoms with Crippen LogP contribution in [0.4, 0.5) is 0 Å². The number of carbonyl (C=O) groups is 1. The summed E-state index contributed by atoms with van der Waals surface area (Å²) in [5.41, 5.74) is 1.10. The molecule has 2 aromatic rings. The van der Waals surface area contributed by atoms with Crippen LogP contribution < -0.4 is 10.3 Å². The maximum atomic E-state index is 11.8. The molecule has 0 aromatic carbocycles. The van der Waals surface area contributed by atoms with E-state index >= 15 is 0 Å². The fraction of sp³-hybridized carbons (Fsp3) is 0.308. The molecular weight excluding hydrogens is 248 g/mol. The number of aryl methyl sites for hydroxylation is 1. The highest BCUT2D eigenvalue weighted by Crippen LogP contribution is 2.09. The Balaban J connectivity index is 2.28. The number of pyridine rings is 1. The van der Waals surface area contributed by atoms with Crippen LogP contribution in [0.5, 0.6) is 5.88 Å². The van der Waals surface area contributed by atoms with Crippen molar-refractivity contribution < 1.29 is 14.3 Å². The van der Waals surface area contributed by atoms with Crippen LogP contribution in [0.15, 0.2) is 29.2 Å². The summed E-state index contributed by atoms with van der Waals surface area (Å²) in [5, 5.41) is 0. The first-order valence-corrected chi connectivity index (χ1v) is 5.89. The topological polar surface area (TPSA) is 69.9 Å². The van der Waals surface area contributed by atoms with Gasteiger partial charge in [-0.1, -0.05) is 6.07 Å². The Morgan fingerprint density at radius 3 is 3.00 bits per heavy atom. The zero-order valence-corrected chi connectivity index (χ0v) is 10.8. The van der Waals surface area contributed by atoms with Crippen molar-refractivity contribution in [2.24, 2.45) is 0 Å². The van der Waals surface area contributed by atoms with E-state index in [2.05, 4.69) is 4.98 Å². The van der Waals surface area contributed by atoms with Gasteiger partial charge in [0.2, 0.25) is 5.88 Å². The summed E-state index contributed by atoms with van der Waals surface area (Å²) in [5.74, 6) is -0.373. The molecule has 0 spiro atoms. The Labute approximate surface area is 109 Å². The summed E-state index contributed by atoms with van der Waals surface area (Å²) in [6.45, 7) is 3.58. The van der Waals surface area contributed by atoms with Gasteiger partial charge in [-0.25, -0.2) is 4.79 Å². The number of nitrogens with zero attached hydrogens (tertiary/aromatic N) is 2. The second-order valence-electron chi connectivity index (χ2n) is 3.91. The van der Waals surface area contributed by atoms with Crippen LogP contribution in [-0.2, 0) is 9.53 Å². The second-order valence-corrected chi connectivity index (χ2v) is 3.91. The number of hydrogen-bond donors (Lipinski definition) is 0. The van der Waals surface area contributed by atoms with E-state index in [-0.39, 0.29) is 24.7 Å². The van der Waals surface area contributed by atoms with Gasteiger partial charge in [0.15, 0.2) is 6.61 Å². The van der Waals surface area contributed by atoms with Crippen LogP contribution in [0.2, 0.25) is 0 Å². The first-order chi connectivity index (χ1) is 9.11. The Kier molecular flexibility index (Phi) is 3.79. The average molecular weight is 262 g/mol. The van der Waals surface area contributed by atoms with Crippen LogP contribution in [-0.4, -0.2) is 28.6 Å². The zero-order valence-electron chi connectivity index (χ0n) is 10.8. The summed E-state index contributed by atoms with van der Waals surface area (Å²) in [7, 11) is 0. The van der Waals surface area contributed by atoms with Crippen LogP contribution in [0.3, 0.4) is 0 Å². The molecule has 0 unspecified atom stereocenters. The van der Waals surface area contributed by atoms with E-state index in [0.717, 1.165) is 5.56 Å². The van der Waals surface area contributed by atoms with Crippen molar-refractivity contribution in [3.8, 4) is 5.88 Å². The minimum absolute atomic E-state index is 0.118. The van der Waals surface area contributed by atoms with E-state index in [0.29, 0.717) is 5.65 Å². The highest BCUT2D eigenvalue weighted by Gasteiger charge is 2.08. The van der Waals surface area contributed by atoms with Crippen LogP contribution in [0.25, 0.3) is 5.65 Å². The van der Waals surface area contributed by atoms with Gasteiger partial charge < -0.3 is 9.47 Å². The molecule has 19 heavy (non-hydrogen) atoms. The van der Waals surface area contributed by atoms with Gasteiger partial charge in [-0.3, -0.25) is 9.20 Å². The quantitative estimate of drug-likeness (QED) is 0.767. The Hall–Kier alpha value is -2.37. The SMILES string of the molecule is CCOC(=O)COc1cc(=O)n2cccc(C)c2n1. The molecule has 2 rings (SSSR count). The van der Waals surface area contributed by atoms with Gasteiger partial charge >= 0.3 is 5.97 Å². The molecule has 0 aliphatic rings. The van der Waals surface area contributed by atoms with Gasteiger partial charge in [-0.05, 0) is 25.5 Å². The normalized spacial score (nSPS) is 10.4. The third kappa shape index (κ3) is 2.90. The maximum absolute atomic E-state index is 11.8. The molecule has 0 saturated heterocycles. The maximum Gasteiger partial charge on any atom is 0.344 e. The number of rotatable bonds is 4. The van der Waals surface area contributed by atoms with E-state index in [1.165, 1.54) is 10.5 Å². The van der Waals surface area contributed by atoms with Crippen LogP contribution in [0, 0.1) is 6.92 Å². The molecule has 0 bridgehead atoms. The molecular formula is C13H14N2O4. The van der Waals surface area contributed by atoms with Gasteiger partial charge in [-0.15, -0.1) is 0 Å². The Morgan fingerprint density at radius 2 is 2.26 bits per heavy atom. The van der Waals surface area contributed by atoms with Gasteiger partial charge in [0, 0.05) is 6.20 Å². The minimum Gasteiger partial charge on any atom is -0.465 e. The van der Waals surface area contributed by atoms with E-state index in [1.807, 2.05) is 13.0 Å². The molecule has 0 saturated carbocycles. The lowest BCUT2D eigenvalue weighted by atomic mass is 10.3. The van der Waals surface area contributed by atoms with Gasteiger partial charge in [0.1, 0.15) is 5.65 Å². The number of aromatic nitrogens is 2. The van der Waals surface area contributed by atoms with Crippen molar-refractivity contribution in [2.45, 2.75) is 13.8 Å². The molecule has 2 heterocycles. The number of esters is 1. The first-order valence-electron chi connectivity index (χ1n) is 5.89. The summed E-state index contributed by atoms with van der Waals surface area (Å²) in [6, 6.07) is 4.85. The van der Waals surface area contributed by atoms with Crippen molar-refractivity contribution >= 4 is 11.6 Å². The van der Waals surface area contributed by atoms with Gasteiger partial charge in [0.25, 0.3) is 5.56 Å². The lowest BCUT2D eigenvalue weighted by Gasteiger charge is -2.07. The predicted octanol–water partition coefficient (Wildman–Crippen LogP) is 0.945. The molecule has 0 aliphatic heterocycles. The number of carbonyl (C=O) groups excluding carboxylic acids is 1. The van der Waals surface area contributed by atoms with E-state index in [9.17, 15) is 9.59 Å².